The van der Waals surface area contributed by atoms with E-state index in [2.05, 4.69) is 6.92 Å². The lowest BCUT2D eigenvalue weighted by Gasteiger charge is -2.19. The van der Waals surface area contributed by atoms with Crippen molar-refractivity contribution in [3.05, 3.63) is 0 Å². The number of carbonyl (C=O) groups is 3. The third-order valence-corrected chi connectivity index (χ3v) is 3.99. The van der Waals surface area contributed by atoms with Gasteiger partial charge in [0, 0.05) is 0 Å². The van der Waals surface area contributed by atoms with E-state index in [1.54, 1.807) is 0 Å². The SMILES string of the molecule is CCCCCCCCCC(C(=O)C(C)N)C(=O)[C@@H](N)CC(=O)O. The van der Waals surface area contributed by atoms with Crippen LogP contribution < -0.4 is 11.5 Å². The van der Waals surface area contributed by atoms with Gasteiger partial charge in [-0.1, -0.05) is 51.9 Å². The molecule has 0 fully saturated rings. The minimum Gasteiger partial charge on any atom is -0.481 e. The molecule has 0 bridgehead atoms. The molecule has 0 aliphatic rings. The monoisotopic (exact) mass is 328 g/mol. The van der Waals surface area contributed by atoms with E-state index in [-0.39, 0.29) is 5.78 Å². The summed E-state index contributed by atoms with van der Waals surface area (Å²) in [5.41, 5.74) is 11.2. The van der Waals surface area contributed by atoms with Crippen molar-refractivity contribution < 1.29 is 19.5 Å². The lowest BCUT2D eigenvalue weighted by atomic mass is 9.85. The highest BCUT2D eigenvalue weighted by Gasteiger charge is 2.32. The molecule has 5 N–H and O–H groups in total. The van der Waals surface area contributed by atoms with Crippen LogP contribution in [0.2, 0.25) is 0 Å². The molecule has 134 valence electrons. The molecule has 3 atom stereocenters. The van der Waals surface area contributed by atoms with Crippen LogP contribution in [0.4, 0.5) is 0 Å². The zero-order valence-electron chi connectivity index (χ0n) is 14.4. The summed E-state index contributed by atoms with van der Waals surface area (Å²) >= 11 is 0. The number of carboxylic acid groups (broad SMARTS) is 1. The van der Waals surface area contributed by atoms with Gasteiger partial charge in [-0.15, -0.1) is 0 Å². The third kappa shape index (κ3) is 9.46. The van der Waals surface area contributed by atoms with Gasteiger partial charge in [-0.2, -0.15) is 0 Å². The first kappa shape index (κ1) is 21.7. The molecule has 0 rings (SSSR count). The second-order valence-corrected chi connectivity index (χ2v) is 6.26. The maximum atomic E-state index is 12.3. The fourth-order valence-corrected chi connectivity index (χ4v) is 2.59. The Bertz CT molecular complexity index is 383. The lowest BCUT2D eigenvalue weighted by Crippen LogP contribution is -2.44. The Kier molecular flexibility index (Phi) is 11.5. The number of carbonyl (C=O) groups excluding carboxylic acids is 2. The standard InChI is InChI=1S/C17H32N2O4/c1-3-4-5-6-7-8-9-10-13(16(22)12(2)18)17(23)14(19)11-15(20)21/h12-14H,3-11,18-19H2,1-2H3,(H,20,21)/t12?,13?,14-/m0/s1. The van der Waals surface area contributed by atoms with Crippen molar-refractivity contribution in [1.82, 2.24) is 0 Å². The van der Waals surface area contributed by atoms with E-state index >= 15 is 0 Å². The quantitative estimate of drug-likeness (QED) is 0.331. The fourth-order valence-electron chi connectivity index (χ4n) is 2.59. The van der Waals surface area contributed by atoms with Crippen LogP contribution in [0.5, 0.6) is 0 Å². The minimum absolute atomic E-state index is 0.346. The van der Waals surface area contributed by atoms with E-state index < -0.39 is 36.2 Å². The number of Topliss-reactive ketones (excluding diaryl/α,β-unsaturated/α-hetero) is 2. The molecule has 0 aromatic heterocycles. The first-order valence-corrected chi connectivity index (χ1v) is 8.61. The van der Waals surface area contributed by atoms with E-state index in [4.69, 9.17) is 16.6 Å². The second kappa shape index (κ2) is 12.2. The van der Waals surface area contributed by atoms with Gasteiger partial charge >= 0.3 is 5.97 Å². The molecule has 0 aromatic rings. The Hall–Kier alpha value is -1.27. The van der Waals surface area contributed by atoms with Crippen molar-refractivity contribution in [3.63, 3.8) is 0 Å². The maximum absolute atomic E-state index is 12.3. The largest absolute Gasteiger partial charge is 0.481 e. The van der Waals surface area contributed by atoms with Crippen molar-refractivity contribution in [1.29, 1.82) is 0 Å². The Balaban J connectivity index is 4.44. The summed E-state index contributed by atoms with van der Waals surface area (Å²) in [5.74, 6) is -2.86. The molecule has 0 radical (unpaired) electrons. The molecular formula is C17H32N2O4. The third-order valence-electron chi connectivity index (χ3n) is 3.99. The number of rotatable bonds is 14. The Labute approximate surface area is 139 Å². The fraction of sp³-hybridized carbons (Fsp3) is 0.824. The summed E-state index contributed by atoms with van der Waals surface area (Å²) in [5, 5.41) is 8.74. The Morgan fingerprint density at radius 1 is 0.913 bits per heavy atom. The molecule has 0 aromatic carbocycles. The first-order valence-electron chi connectivity index (χ1n) is 8.61. The number of unbranched alkanes of at least 4 members (excludes halogenated alkanes) is 6. The summed E-state index contributed by atoms with van der Waals surface area (Å²) in [6.07, 6.45) is 7.52. The molecule has 0 amide bonds. The van der Waals surface area contributed by atoms with Crippen LogP contribution in [0.25, 0.3) is 0 Å². The predicted octanol–water partition coefficient (Wildman–Crippen LogP) is 2.03. The number of hydrogen-bond donors (Lipinski definition) is 3. The molecule has 2 unspecified atom stereocenters. The van der Waals surface area contributed by atoms with Gasteiger partial charge in [-0.3, -0.25) is 14.4 Å². The van der Waals surface area contributed by atoms with Crippen LogP contribution >= 0.6 is 0 Å². The Morgan fingerprint density at radius 3 is 1.91 bits per heavy atom. The van der Waals surface area contributed by atoms with Crippen molar-refractivity contribution >= 4 is 17.5 Å². The predicted molar refractivity (Wildman–Crippen MR) is 90.0 cm³/mol. The van der Waals surface area contributed by atoms with Gasteiger partial charge in [0.05, 0.1) is 24.4 Å². The van der Waals surface area contributed by atoms with Crippen LogP contribution in [0, 0.1) is 5.92 Å². The van der Waals surface area contributed by atoms with Crippen molar-refractivity contribution in [2.75, 3.05) is 0 Å². The number of aliphatic carboxylic acids is 1. The summed E-state index contributed by atoms with van der Waals surface area (Å²) < 4.78 is 0. The van der Waals surface area contributed by atoms with Crippen LogP contribution in [0.3, 0.4) is 0 Å². The summed E-state index contributed by atoms with van der Waals surface area (Å²) in [7, 11) is 0. The summed E-state index contributed by atoms with van der Waals surface area (Å²) in [4.78, 5) is 35.1. The summed E-state index contributed by atoms with van der Waals surface area (Å²) in [6.45, 7) is 3.70. The van der Waals surface area contributed by atoms with Gasteiger partial charge < -0.3 is 16.6 Å². The molecule has 0 spiro atoms. The second-order valence-electron chi connectivity index (χ2n) is 6.26. The molecule has 0 aliphatic carbocycles. The molecule has 0 aliphatic heterocycles. The maximum Gasteiger partial charge on any atom is 0.305 e. The van der Waals surface area contributed by atoms with Crippen molar-refractivity contribution in [2.45, 2.75) is 83.7 Å². The van der Waals surface area contributed by atoms with E-state index in [9.17, 15) is 14.4 Å². The number of carboxylic acids is 1. The molecule has 0 saturated carbocycles. The van der Waals surface area contributed by atoms with Gasteiger partial charge in [-0.05, 0) is 13.3 Å². The molecule has 23 heavy (non-hydrogen) atoms. The highest BCUT2D eigenvalue weighted by molar-refractivity contribution is 6.07. The first-order chi connectivity index (χ1) is 10.8. The highest BCUT2D eigenvalue weighted by atomic mass is 16.4. The van der Waals surface area contributed by atoms with E-state index in [0.717, 1.165) is 25.7 Å². The lowest BCUT2D eigenvalue weighted by molar-refractivity contribution is -0.141. The van der Waals surface area contributed by atoms with Crippen LogP contribution in [-0.4, -0.2) is 34.7 Å². The van der Waals surface area contributed by atoms with Gasteiger partial charge in [0.25, 0.3) is 0 Å². The van der Waals surface area contributed by atoms with Crippen LogP contribution in [0.1, 0.15) is 71.6 Å². The van der Waals surface area contributed by atoms with Gasteiger partial charge in [0.15, 0.2) is 11.6 Å². The van der Waals surface area contributed by atoms with Crippen LogP contribution in [-0.2, 0) is 14.4 Å². The topological polar surface area (TPSA) is 123 Å². The van der Waals surface area contributed by atoms with Gasteiger partial charge in [0.1, 0.15) is 0 Å². The highest BCUT2D eigenvalue weighted by Crippen LogP contribution is 2.17. The van der Waals surface area contributed by atoms with Gasteiger partial charge in [0.2, 0.25) is 0 Å². The number of ketones is 2. The molecule has 6 nitrogen and oxygen atoms in total. The van der Waals surface area contributed by atoms with Gasteiger partial charge in [-0.25, -0.2) is 0 Å². The number of hydrogen-bond acceptors (Lipinski definition) is 5. The van der Waals surface area contributed by atoms with E-state index in [1.807, 2.05) is 0 Å². The average molecular weight is 328 g/mol. The molecule has 6 heteroatoms. The summed E-state index contributed by atoms with van der Waals surface area (Å²) in [6, 6.07) is -1.89. The minimum atomic E-state index is -1.15. The van der Waals surface area contributed by atoms with E-state index in [0.29, 0.717) is 6.42 Å². The molecule has 0 saturated heterocycles. The Morgan fingerprint density at radius 2 is 1.43 bits per heavy atom. The van der Waals surface area contributed by atoms with Crippen molar-refractivity contribution in [3.8, 4) is 0 Å². The molecular weight excluding hydrogens is 296 g/mol. The zero-order valence-corrected chi connectivity index (χ0v) is 14.4. The number of nitrogens with two attached hydrogens (primary N) is 2. The van der Waals surface area contributed by atoms with E-state index in [1.165, 1.54) is 26.2 Å². The smallest absolute Gasteiger partial charge is 0.305 e. The average Bonchev–Trinajstić information content (AvgIpc) is 2.48. The normalized spacial score (nSPS) is 15.0. The zero-order chi connectivity index (χ0) is 17.8. The van der Waals surface area contributed by atoms with Crippen molar-refractivity contribution in [2.24, 2.45) is 17.4 Å². The molecule has 0 heterocycles. The van der Waals surface area contributed by atoms with Crippen LogP contribution in [0.15, 0.2) is 0 Å².